The first-order valence-corrected chi connectivity index (χ1v) is 16.9. The number of fused-ring (bicyclic) bond motifs is 7. The van der Waals surface area contributed by atoms with Crippen molar-refractivity contribution < 1.29 is 23.7 Å². The molecule has 254 valence electrons. The third-order valence-corrected chi connectivity index (χ3v) is 9.17. The van der Waals surface area contributed by atoms with Crippen molar-refractivity contribution in [3.8, 4) is 28.1 Å². The summed E-state index contributed by atoms with van der Waals surface area (Å²) in [6.45, 7) is 16.7. The minimum absolute atomic E-state index is 0.214. The van der Waals surface area contributed by atoms with Crippen molar-refractivity contribution >= 4 is 17.4 Å². The van der Waals surface area contributed by atoms with Gasteiger partial charge in [-0.3, -0.25) is 0 Å². The van der Waals surface area contributed by atoms with E-state index in [1.165, 1.54) is 7.11 Å². The number of aromatic nitrogens is 3. The van der Waals surface area contributed by atoms with E-state index < -0.39 is 17.7 Å². The Morgan fingerprint density at radius 2 is 1.81 bits per heavy atom. The molecule has 1 saturated heterocycles. The van der Waals surface area contributed by atoms with Gasteiger partial charge in [0.2, 0.25) is 0 Å². The molecule has 0 amide bonds. The van der Waals surface area contributed by atoms with Crippen LogP contribution in [0.4, 0.5) is 5.82 Å². The quantitative estimate of drug-likeness (QED) is 0.165. The van der Waals surface area contributed by atoms with Gasteiger partial charge in [-0.2, -0.15) is 9.61 Å². The van der Waals surface area contributed by atoms with Crippen LogP contribution in [0.1, 0.15) is 70.4 Å². The van der Waals surface area contributed by atoms with Crippen LogP contribution < -0.4 is 9.64 Å². The van der Waals surface area contributed by atoms with Crippen molar-refractivity contribution in [3.63, 3.8) is 0 Å². The maximum atomic E-state index is 13.4. The van der Waals surface area contributed by atoms with Crippen molar-refractivity contribution in [2.75, 3.05) is 38.3 Å². The molecule has 3 aliphatic rings. The van der Waals surface area contributed by atoms with Gasteiger partial charge in [0.25, 0.3) is 0 Å². The van der Waals surface area contributed by atoms with E-state index in [4.69, 9.17) is 29.0 Å². The number of esters is 1. The molecule has 2 atom stereocenters. The van der Waals surface area contributed by atoms with Gasteiger partial charge in [0.05, 0.1) is 42.8 Å². The summed E-state index contributed by atoms with van der Waals surface area (Å²) in [7, 11) is 1.39. The van der Waals surface area contributed by atoms with Gasteiger partial charge in [-0.15, -0.1) is 0 Å². The van der Waals surface area contributed by atoms with Gasteiger partial charge in [-0.1, -0.05) is 48.9 Å². The van der Waals surface area contributed by atoms with Crippen molar-refractivity contribution in [2.45, 2.75) is 78.6 Å². The fourth-order valence-corrected chi connectivity index (χ4v) is 6.54. The predicted octanol–water partition coefficient (Wildman–Crippen LogP) is 7.67. The molecule has 5 heterocycles. The highest BCUT2D eigenvalue weighted by Gasteiger charge is 2.38. The second-order valence-electron chi connectivity index (χ2n) is 14.4. The molecule has 1 fully saturated rings. The zero-order valence-electron chi connectivity index (χ0n) is 29.5. The Morgan fingerprint density at radius 3 is 2.54 bits per heavy atom. The molecular formula is C39H48N4O5. The SMILES string of the molecule is COC(=O)[C@@H](OC(C)(C)C)c1c(C)nc2cc3nn2c1N1CCC(C)(CC1)OCC=CC(C)COc1ccc(C)cc1-c1cccc-3c1. The molecule has 0 aliphatic carbocycles. The van der Waals surface area contributed by atoms with E-state index in [-0.39, 0.29) is 11.5 Å². The second kappa shape index (κ2) is 13.4. The van der Waals surface area contributed by atoms with Crippen LogP contribution in [0.15, 0.2) is 60.7 Å². The lowest BCUT2D eigenvalue weighted by molar-refractivity contribution is -0.164. The highest BCUT2D eigenvalue weighted by molar-refractivity contribution is 5.81. The maximum Gasteiger partial charge on any atom is 0.339 e. The Balaban J connectivity index is 1.55. The normalized spacial score (nSPS) is 20.8. The lowest BCUT2D eigenvalue weighted by atomic mass is 9.92. The van der Waals surface area contributed by atoms with Gasteiger partial charge in [0, 0.05) is 41.9 Å². The summed E-state index contributed by atoms with van der Waals surface area (Å²) < 4.78 is 26.5. The minimum Gasteiger partial charge on any atom is -0.492 e. The number of ether oxygens (including phenoxy) is 4. The molecule has 0 spiro atoms. The number of carbonyl (C=O) groups is 1. The highest BCUT2D eigenvalue weighted by atomic mass is 16.6. The molecule has 9 heteroatoms. The number of hydrogen-bond acceptors (Lipinski definition) is 8. The van der Waals surface area contributed by atoms with Gasteiger partial charge in [-0.25, -0.2) is 9.78 Å². The Morgan fingerprint density at radius 1 is 1.06 bits per heavy atom. The summed E-state index contributed by atoms with van der Waals surface area (Å²) in [5.41, 5.74) is 6.11. The topological polar surface area (TPSA) is 87.4 Å². The van der Waals surface area contributed by atoms with E-state index in [0.29, 0.717) is 43.2 Å². The zero-order valence-corrected chi connectivity index (χ0v) is 29.5. The Kier molecular flexibility index (Phi) is 9.37. The van der Waals surface area contributed by atoms with Crippen LogP contribution >= 0.6 is 0 Å². The number of rotatable bonds is 3. The number of carbonyl (C=O) groups excluding carboxylic acids is 1. The summed E-state index contributed by atoms with van der Waals surface area (Å²) >= 11 is 0. The Labute approximate surface area is 283 Å². The number of methoxy groups -OCH3 is 1. The third-order valence-electron chi connectivity index (χ3n) is 9.17. The van der Waals surface area contributed by atoms with E-state index in [9.17, 15) is 4.79 Å². The largest absolute Gasteiger partial charge is 0.492 e. The molecule has 48 heavy (non-hydrogen) atoms. The van der Waals surface area contributed by atoms with E-state index in [1.807, 2.05) is 38.3 Å². The minimum atomic E-state index is -0.986. The number of hydrogen-bond donors (Lipinski definition) is 0. The van der Waals surface area contributed by atoms with Crippen molar-refractivity contribution in [2.24, 2.45) is 5.92 Å². The van der Waals surface area contributed by atoms with Crippen LogP contribution in [0, 0.1) is 19.8 Å². The number of anilines is 1. The molecule has 0 N–H and O–H groups in total. The molecule has 2 aromatic heterocycles. The van der Waals surface area contributed by atoms with Crippen LogP contribution in [0.5, 0.6) is 5.75 Å². The lowest BCUT2D eigenvalue weighted by Gasteiger charge is -2.41. The molecule has 1 unspecified atom stereocenters. The molecule has 7 rings (SSSR count). The van der Waals surface area contributed by atoms with Crippen LogP contribution in [0.3, 0.4) is 0 Å². The molecule has 3 aliphatic heterocycles. The van der Waals surface area contributed by atoms with Crippen molar-refractivity contribution in [1.82, 2.24) is 14.6 Å². The van der Waals surface area contributed by atoms with Crippen molar-refractivity contribution in [3.05, 3.63) is 77.5 Å². The fraction of sp³-hybridized carbons (Fsp3) is 0.462. The molecule has 6 bridgehead atoms. The van der Waals surface area contributed by atoms with E-state index in [1.54, 1.807) is 0 Å². The van der Waals surface area contributed by atoms with Crippen LogP contribution in [0.25, 0.3) is 28.0 Å². The average Bonchev–Trinajstić information content (AvgIpc) is 3.47. The number of benzene rings is 2. The molecule has 0 saturated carbocycles. The smallest absolute Gasteiger partial charge is 0.339 e. The monoisotopic (exact) mass is 652 g/mol. The molecule has 4 aromatic rings. The lowest BCUT2D eigenvalue weighted by Crippen LogP contribution is -2.45. The maximum absolute atomic E-state index is 13.4. The van der Waals surface area contributed by atoms with Gasteiger partial charge in [0.15, 0.2) is 11.8 Å². The van der Waals surface area contributed by atoms with E-state index in [0.717, 1.165) is 52.4 Å². The van der Waals surface area contributed by atoms with Crippen LogP contribution in [-0.2, 0) is 19.0 Å². The summed E-state index contributed by atoms with van der Waals surface area (Å²) in [6, 6.07) is 16.7. The van der Waals surface area contributed by atoms with Crippen molar-refractivity contribution in [1.29, 1.82) is 0 Å². The number of piperidine rings is 1. The highest BCUT2D eigenvalue weighted by Crippen LogP contribution is 2.39. The third kappa shape index (κ3) is 7.12. The number of aryl methyl sites for hydroxylation is 2. The van der Waals surface area contributed by atoms with Gasteiger partial charge in [0.1, 0.15) is 11.6 Å². The zero-order chi connectivity index (χ0) is 34.2. The number of nitrogens with zero attached hydrogens (tertiary/aromatic N) is 4. The summed E-state index contributed by atoms with van der Waals surface area (Å²) in [6.07, 6.45) is 4.90. The first-order valence-electron chi connectivity index (χ1n) is 16.9. The van der Waals surface area contributed by atoms with E-state index >= 15 is 0 Å². The van der Waals surface area contributed by atoms with Gasteiger partial charge in [-0.05, 0) is 78.1 Å². The fourth-order valence-electron chi connectivity index (χ4n) is 6.54. The summed E-state index contributed by atoms with van der Waals surface area (Å²) in [5.74, 6) is 1.37. The standard InChI is InChI=1S/C39H48N4O5/c1-25-14-15-32-30(21-25)28-12-9-13-29(22-28)31-23-33-40-27(3)34(35(37(44)45-8)48-38(4,5)6)36(43(33)41-31)42-18-16-39(7,17-19-42)47-20-10-11-26(2)24-46-32/h9-15,21-23,26,35H,16-20,24H2,1-8H3/t26?,35-/m0/s1. The summed E-state index contributed by atoms with van der Waals surface area (Å²) in [4.78, 5) is 20.7. The second-order valence-corrected chi connectivity index (χ2v) is 14.4. The molecule has 2 aromatic carbocycles. The first kappa shape index (κ1) is 33.7. The Bertz CT molecular complexity index is 1830. The molecular weight excluding hydrogens is 604 g/mol. The van der Waals surface area contributed by atoms with Crippen LogP contribution in [-0.4, -0.2) is 65.2 Å². The van der Waals surface area contributed by atoms with Crippen LogP contribution in [0.2, 0.25) is 0 Å². The van der Waals surface area contributed by atoms with E-state index in [2.05, 4.69) is 80.3 Å². The summed E-state index contributed by atoms with van der Waals surface area (Å²) in [5, 5.41) is 5.17. The molecule has 0 radical (unpaired) electrons. The Hall–Kier alpha value is -4.21. The predicted molar refractivity (Wildman–Crippen MR) is 189 cm³/mol. The van der Waals surface area contributed by atoms with Gasteiger partial charge < -0.3 is 23.8 Å². The van der Waals surface area contributed by atoms with Gasteiger partial charge >= 0.3 is 5.97 Å². The first-order chi connectivity index (χ1) is 22.8. The average molecular weight is 653 g/mol. The molecule has 9 nitrogen and oxygen atoms in total.